The Balaban J connectivity index is 2.76. The zero-order valence-corrected chi connectivity index (χ0v) is 11.7. The van der Waals surface area contributed by atoms with Gasteiger partial charge in [0.25, 0.3) is 0 Å². The van der Waals surface area contributed by atoms with Gasteiger partial charge in [-0.1, -0.05) is 33.1 Å². The van der Waals surface area contributed by atoms with E-state index in [1.54, 1.807) is 0 Å². The smallest absolute Gasteiger partial charge is 0.154 e. The molecule has 0 saturated heterocycles. The highest BCUT2D eigenvalue weighted by atomic mass is 32.2. The molecule has 0 spiro atoms. The molecule has 1 fully saturated rings. The average molecular weight is 257 g/mol. The first kappa shape index (κ1) is 14.5. The van der Waals surface area contributed by atoms with Crippen molar-refractivity contribution in [2.24, 2.45) is 11.8 Å². The number of sulfone groups is 1. The molecule has 2 atom stereocenters. The summed E-state index contributed by atoms with van der Waals surface area (Å²) >= 11 is 0. The minimum atomic E-state index is -3.09. The van der Waals surface area contributed by atoms with Crippen LogP contribution in [0.25, 0.3) is 0 Å². The summed E-state index contributed by atoms with van der Waals surface area (Å²) in [5.41, 5.74) is 0. The molecule has 0 aromatic carbocycles. The van der Waals surface area contributed by atoms with Crippen LogP contribution >= 0.6 is 0 Å². The van der Waals surface area contributed by atoms with Crippen LogP contribution in [0.4, 0.5) is 0 Å². The molecule has 1 rings (SSSR count). The predicted molar refractivity (Wildman–Crippen MR) is 69.2 cm³/mol. The van der Waals surface area contributed by atoms with Crippen molar-refractivity contribution >= 4 is 9.84 Å². The van der Waals surface area contributed by atoms with Crippen LogP contribution in [0.1, 0.15) is 52.4 Å². The highest BCUT2D eigenvalue weighted by Crippen LogP contribution is 2.29. The molecule has 0 aromatic rings. The van der Waals surface area contributed by atoms with Crippen molar-refractivity contribution in [3.63, 3.8) is 0 Å². The Bertz CT molecular complexity index is 367. The molecule has 0 amide bonds. The van der Waals surface area contributed by atoms with E-state index in [2.05, 4.69) is 6.07 Å². The first-order chi connectivity index (χ1) is 7.97. The molecular weight excluding hydrogens is 234 g/mol. The first-order valence-corrected chi connectivity index (χ1v) is 8.30. The van der Waals surface area contributed by atoms with E-state index in [-0.39, 0.29) is 11.7 Å². The van der Waals surface area contributed by atoms with Gasteiger partial charge in [0.2, 0.25) is 0 Å². The Kier molecular flexibility index (Phi) is 5.45. The van der Waals surface area contributed by atoms with Crippen LogP contribution < -0.4 is 0 Å². The molecule has 1 aliphatic rings. The Morgan fingerprint density at radius 1 is 1.24 bits per heavy atom. The molecule has 0 heterocycles. The van der Waals surface area contributed by atoms with Crippen LogP contribution in [0.3, 0.4) is 0 Å². The van der Waals surface area contributed by atoms with Crippen LogP contribution in [0.2, 0.25) is 0 Å². The van der Waals surface area contributed by atoms with Crippen molar-refractivity contribution in [3.8, 4) is 6.07 Å². The Hall–Kier alpha value is -0.560. The predicted octanol–water partition coefficient (Wildman–Crippen LogP) is 2.92. The van der Waals surface area contributed by atoms with E-state index >= 15 is 0 Å². The zero-order chi connectivity index (χ0) is 12.9. The summed E-state index contributed by atoms with van der Waals surface area (Å²) in [6, 6.07) is 2.21. The van der Waals surface area contributed by atoms with Crippen molar-refractivity contribution in [2.75, 3.05) is 5.75 Å². The number of hydrogen-bond donors (Lipinski definition) is 0. The van der Waals surface area contributed by atoms with Crippen molar-refractivity contribution in [1.82, 2.24) is 0 Å². The minimum absolute atomic E-state index is 0.244. The van der Waals surface area contributed by atoms with Gasteiger partial charge < -0.3 is 0 Å². The summed E-state index contributed by atoms with van der Waals surface area (Å²) in [4.78, 5) is 0. The lowest BCUT2D eigenvalue weighted by molar-refractivity contribution is 0.515. The summed E-state index contributed by atoms with van der Waals surface area (Å²) in [6.07, 6.45) is 5.14. The summed E-state index contributed by atoms with van der Waals surface area (Å²) in [7, 11) is -3.09. The van der Waals surface area contributed by atoms with E-state index in [0.717, 1.165) is 25.7 Å². The number of hydrogen-bond acceptors (Lipinski definition) is 3. The zero-order valence-electron chi connectivity index (χ0n) is 10.9. The van der Waals surface area contributed by atoms with Gasteiger partial charge in [0.1, 0.15) is 0 Å². The van der Waals surface area contributed by atoms with Crippen LogP contribution in [0, 0.1) is 23.2 Å². The van der Waals surface area contributed by atoms with Crippen molar-refractivity contribution in [3.05, 3.63) is 0 Å². The molecule has 3 nitrogen and oxygen atoms in total. The van der Waals surface area contributed by atoms with E-state index in [0.29, 0.717) is 18.8 Å². The first-order valence-electron chi connectivity index (χ1n) is 6.58. The lowest BCUT2D eigenvalue weighted by Gasteiger charge is -2.20. The van der Waals surface area contributed by atoms with Gasteiger partial charge in [0.05, 0.1) is 23.0 Å². The number of nitrogens with zero attached hydrogens (tertiary/aromatic N) is 1. The Labute approximate surface area is 105 Å². The van der Waals surface area contributed by atoms with Gasteiger partial charge in [-0.25, -0.2) is 8.42 Å². The molecule has 4 heteroatoms. The number of nitriles is 1. The van der Waals surface area contributed by atoms with E-state index < -0.39 is 15.1 Å². The van der Waals surface area contributed by atoms with Gasteiger partial charge in [-0.3, -0.25) is 0 Å². The van der Waals surface area contributed by atoms with Gasteiger partial charge in [0.15, 0.2) is 9.84 Å². The van der Waals surface area contributed by atoms with Crippen LogP contribution in [-0.4, -0.2) is 19.4 Å². The molecule has 1 saturated carbocycles. The van der Waals surface area contributed by atoms with Crippen LogP contribution in [0.5, 0.6) is 0 Å². The van der Waals surface area contributed by atoms with Gasteiger partial charge >= 0.3 is 0 Å². The Morgan fingerprint density at radius 3 is 2.47 bits per heavy atom. The quantitative estimate of drug-likeness (QED) is 0.728. The van der Waals surface area contributed by atoms with E-state index in [1.165, 1.54) is 0 Å². The molecule has 2 unspecified atom stereocenters. The summed E-state index contributed by atoms with van der Waals surface area (Å²) in [5, 5.41) is 8.70. The Morgan fingerprint density at radius 2 is 1.88 bits per heavy atom. The van der Waals surface area contributed by atoms with Crippen LogP contribution in [0.15, 0.2) is 0 Å². The molecule has 0 aromatic heterocycles. The SMILES string of the molecule is CC(C)CCS(=O)(=O)C1CCCCCC1C#N. The molecule has 0 radical (unpaired) electrons. The highest BCUT2D eigenvalue weighted by Gasteiger charge is 2.34. The monoisotopic (exact) mass is 257 g/mol. The summed E-state index contributed by atoms with van der Waals surface area (Å²) < 4.78 is 24.5. The fourth-order valence-electron chi connectivity index (χ4n) is 2.40. The molecule has 0 aliphatic heterocycles. The standard InChI is InChI=1S/C13H23NO2S/c1-11(2)8-9-17(15,16)13-7-5-3-4-6-12(13)10-14/h11-13H,3-9H2,1-2H3. The lowest BCUT2D eigenvalue weighted by atomic mass is 10.0. The molecule has 17 heavy (non-hydrogen) atoms. The van der Waals surface area contributed by atoms with Crippen molar-refractivity contribution < 1.29 is 8.42 Å². The van der Waals surface area contributed by atoms with E-state index in [4.69, 9.17) is 5.26 Å². The largest absolute Gasteiger partial charge is 0.229 e. The summed E-state index contributed by atoms with van der Waals surface area (Å²) in [5.74, 6) is 0.360. The lowest BCUT2D eigenvalue weighted by Crippen LogP contribution is -2.30. The van der Waals surface area contributed by atoms with E-state index in [1.807, 2.05) is 13.8 Å². The second kappa shape index (κ2) is 6.39. The molecule has 0 bridgehead atoms. The average Bonchev–Trinajstić information content (AvgIpc) is 2.51. The van der Waals surface area contributed by atoms with Gasteiger partial charge in [-0.05, 0) is 25.2 Å². The third-order valence-electron chi connectivity index (χ3n) is 3.56. The molecule has 1 aliphatic carbocycles. The van der Waals surface area contributed by atoms with Crippen LogP contribution in [-0.2, 0) is 9.84 Å². The van der Waals surface area contributed by atoms with E-state index in [9.17, 15) is 8.42 Å². The van der Waals surface area contributed by atoms with Crippen molar-refractivity contribution in [2.45, 2.75) is 57.6 Å². The fraction of sp³-hybridized carbons (Fsp3) is 0.923. The molecule has 0 N–H and O–H groups in total. The third kappa shape index (κ3) is 4.31. The maximum Gasteiger partial charge on any atom is 0.154 e. The third-order valence-corrected chi connectivity index (χ3v) is 5.85. The molecule has 98 valence electrons. The second-order valence-electron chi connectivity index (χ2n) is 5.46. The second-order valence-corrected chi connectivity index (χ2v) is 7.80. The highest BCUT2D eigenvalue weighted by molar-refractivity contribution is 7.92. The maximum atomic E-state index is 12.3. The maximum absolute atomic E-state index is 12.3. The fourth-order valence-corrected chi connectivity index (χ4v) is 4.73. The van der Waals surface area contributed by atoms with Crippen molar-refractivity contribution in [1.29, 1.82) is 5.26 Å². The topological polar surface area (TPSA) is 57.9 Å². The molecular formula is C13H23NO2S. The summed E-state index contributed by atoms with van der Waals surface area (Å²) in [6.45, 7) is 4.06. The normalized spacial score (nSPS) is 26.5. The number of rotatable bonds is 4. The van der Waals surface area contributed by atoms with Gasteiger partial charge in [-0.15, -0.1) is 0 Å². The van der Waals surface area contributed by atoms with Gasteiger partial charge in [0, 0.05) is 0 Å². The van der Waals surface area contributed by atoms with Gasteiger partial charge in [-0.2, -0.15) is 5.26 Å². The minimum Gasteiger partial charge on any atom is -0.229 e.